The van der Waals surface area contributed by atoms with Crippen LogP contribution in [-0.4, -0.2) is 82.0 Å². The predicted octanol–water partition coefficient (Wildman–Crippen LogP) is 6.82. The van der Waals surface area contributed by atoms with Crippen molar-refractivity contribution in [1.29, 1.82) is 0 Å². The van der Waals surface area contributed by atoms with Crippen LogP contribution in [0, 0.1) is 11.6 Å². The van der Waals surface area contributed by atoms with Crippen molar-refractivity contribution in [2.45, 2.75) is 76.0 Å². The van der Waals surface area contributed by atoms with Crippen molar-refractivity contribution in [3.63, 3.8) is 0 Å². The zero-order valence-corrected chi connectivity index (χ0v) is 25.8. The first-order valence-corrected chi connectivity index (χ1v) is 15.3. The minimum Gasteiger partial charge on any atom is -0.380 e. The molecule has 1 saturated heterocycles. The van der Waals surface area contributed by atoms with Gasteiger partial charge in [0, 0.05) is 53.6 Å². The number of anilines is 1. The summed E-state index contributed by atoms with van der Waals surface area (Å²) >= 11 is 1.22. The van der Waals surface area contributed by atoms with E-state index in [1.807, 2.05) is 44.7 Å². The molecule has 0 saturated carbocycles. The van der Waals surface area contributed by atoms with Crippen LogP contribution in [0.2, 0.25) is 0 Å². The van der Waals surface area contributed by atoms with E-state index in [0.29, 0.717) is 38.2 Å². The second-order valence-corrected chi connectivity index (χ2v) is 14.6. The zero-order valence-electron chi connectivity index (χ0n) is 24.9. The molecule has 0 radical (unpaired) electrons. The third-order valence-corrected chi connectivity index (χ3v) is 8.67. The van der Waals surface area contributed by atoms with Crippen molar-refractivity contribution in [1.82, 2.24) is 20.0 Å². The highest BCUT2D eigenvalue weighted by Gasteiger charge is 2.41. The quantitative estimate of drug-likeness (QED) is 0.184. The van der Waals surface area contributed by atoms with Gasteiger partial charge in [0.25, 0.3) is 0 Å². The molecule has 2 N–H and O–H groups in total. The van der Waals surface area contributed by atoms with Crippen molar-refractivity contribution in [3.8, 4) is 0 Å². The minimum atomic E-state index is -1.77. The Morgan fingerprint density at radius 2 is 1.86 bits per heavy atom. The van der Waals surface area contributed by atoms with Gasteiger partial charge < -0.3 is 9.50 Å². The molecule has 3 aromatic rings. The van der Waals surface area contributed by atoms with Crippen molar-refractivity contribution in [3.05, 3.63) is 58.8 Å². The summed E-state index contributed by atoms with van der Waals surface area (Å²) < 4.78 is 66.0. The number of nitrogens with zero attached hydrogens (tertiary/aromatic N) is 3. The molecule has 230 valence electrons. The molecule has 1 unspecified atom stereocenters. The lowest BCUT2D eigenvalue weighted by Gasteiger charge is -2.45. The predicted molar refractivity (Wildman–Crippen MR) is 161 cm³/mol. The van der Waals surface area contributed by atoms with Gasteiger partial charge in [-0.3, -0.25) is 19.3 Å². The van der Waals surface area contributed by atoms with Crippen molar-refractivity contribution >= 4 is 28.6 Å². The smallest absolute Gasteiger partial charge is 0.145 e. The van der Waals surface area contributed by atoms with Gasteiger partial charge in [-0.25, -0.2) is 13.2 Å². The lowest BCUT2D eigenvalue weighted by atomic mass is 9.82. The number of aromatic nitrogens is 2. The number of fused-ring (bicyclic) bond motifs is 3. The lowest BCUT2D eigenvalue weighted by molar-refractivity contribution is 0.0287. The topological polar surface area (TPSA) is 56.4 Å². The van der Waals surface area contributed by atoms with Crippen molar-refractivity contribution < 1.29 is 21.7 Å². The fraction of sp³-hybridized carbons (Fsp3) is 0.581. The highest BCUT2D eigenvalue weighted by molar-refractivity contribution is 7.96. The van der Waals surface area contributed by atoms with E-state index in [-0.39, 0.29) is 42.2 Å². The summed E-state index contributed by atoms with van der Waals surface area (Å²) in [6.45, 7) is 10.9. The summed E-state index contributed by atoms with van der Waals surface area (Å²) in [6.07, 6.45) is 2.80. The molecular formula is C31H41F4N5OS. The van der Waals surface area contributed by atoms with Gasteiger partial charge in [0.15, 0.2) is 0 Å². The number of hydrogen-bond donors (Lipinski definition) is 2. The minimum absolute atomic E-state index is 0.0359. The molecule has 2 aliphatic heterocycles. The molecule has 11 heteroatoms. The van der Waals surface area contributed by atoms with Gasteiger partial charge in [-0.05, 0) is 88.8 Å². The summed E-state index contributed by atoms with van der Waals surface area (Å²) in [5.74, 6) is -1.37. The summed E-state index contributed by atoms with van der Waals surface area (Å²) in [5, 5.41) is 11.3. The number of hydrogen-bond acceptors (Lipinski definition) is 6. The first-order valence-electron chi connectivity index (χ1n) is 14.6. The molecule has 0 spiro atoms. The second kappa shape index (κ2) is 12.3. The number of H-pyrrole nitrogens is 1. The Hall–Kier alpha value is -2.34. The van der Waals surface area contributed by atoms with E-state index in [2.05, 4.69) is 20.4 Å². The number of rotatable bonds is 11. The molecule has 6 nitrogen and oxygen atoms in total. The van der Waals surface area contributed by atoms with Crippen LogP contribution in [0.15, 0.2) is 30.5 Å². The summed E-state index contributed by atoms with van der Waals surface area (Å²) in [5.41, 5.74) is 1.03. The van der Waals surface area contributed by atoms with E-state index in [1.54, 1.807) is 6.20 Å². The SMILES string of the molecule is C[C@@H]1Cc2c(ccc3[nH]ncc23)[C@@H](c2c(F)cc(NC3CN(CCCF)C3)cc2F)N1CC(C)(F)COSC(C)(C)C. The summed E-state index contributed by atoms with van der Waals surface area (Å²) in [7, 11) is 0. The third-order valence-electron chi connectivity index (χ3n) is 7.93. The van der Waals surface area contributed by atoms with Crippen LogP contribution >= 0.6 is 12.0 Å². The maximum atomic E-state index is 16.0. The molecule has 42 heavy (non-hydrogen) atoms. The van der Waals surface area contributed by atoms with E-state index < -0.39 is 23.3 Å². The average Bonchev–Trinajstić information content (AvgIpc) is 3.35. The molecule has 2 aromatic carbocycles. The summed E-state index contributed by atoms with van der Waals surface area (Å²) in [4.78, 5) is 3.97. The van der Waals surface area contributed by atoms with Crippen LogP contribution in [0.3, 0.4) is 0 Å². The molecule has 3 atom stereocenters. The highest BCUT2D eigenvalue weighted by atomic mass is 32.2. The average molecular weight is 608 g/mol. The second-order valence-electron chi connectivity index (χ2n) is 13.0. The fourth-order valence-corrected chi connectivity index (χ4v) is 6.70. The number of alkyl halides is 2. The number of nitrogens with one attached hydrogen (secondary N) is 2. The Morgan fingerprint density at radius 1 is 1.14 bits per heavy atom. The lowest BCUT2D eigenvalue weighted by Crippen LogP contribution is -2.54. The van der Waals surface area contributed by atoms with Crippen LogP contribution in [0.5, 0.6) is 0 Å². The van der Waals surface area contributed by atoms with E-state index >= 15 is 13.2 Å². The highest BCUT2D eigenvalue weighted by Crippen LogP contribution is 2.44. The van der Waals surface area contributed by atoms with Gasteiger partial charge in [-0.2, -0.15) is 5.10 Å². The van der Waals surface area contributed by atoms with Gasteiger partial charge in [-0.1, -0.05) is 6.07 Å². The van der Waals surface area contributed by atoms with Crippen LogP contribution < -0.4 is 5.32 Å². The number of aromatic amines is 1. The molecule has 0 bridgehead atoms. The fourth-order valence-electron chi connectivity index (χ4n) is 6.04. The Kier molecular flexibility index (Phi) is 9.14. The number of benzene rings is 2. The third kappa shape index (κ3) is 6.90. The van der Waals surface area contributed by atoms with Gasteiger partial charge >= 0.3 is 0 Å². The van der Waals surface area contributed by atoms with Gasteiger partial charge in [0.05, 0.1) is 37.1 Å². The number of likely N-dealkylation sites (tertiary alicyclic amines) is 1. The molecule has 0 amide bonds. The maximum Gasteiger partial charge on any atom is 0.145 e. The van der Waals surface area contributed by atoms with Crippen LogP contribution in [-0.2, 0) is 10.6 Å². The first-order chi connectivity index (χ1) is 19.8. The van der Waals surface area contributed by atoms with Gasteiger partial charge in [-0.15, -0.1) is 0 Å². The van der Waals surface area contributed by atoms with Gasteiger partial charge in [0.1, 0.15) is 17.3 Å². The zero-order chi connectivity index (χ0) is 30.2. The Morgan fingerprint density at radius 3 is 2.52 bits per heavy atom. The van der Waals surface area contributed by atoms with Crippen LogP contribution in [0.25, 0.3) is 10.9 Å². The molecule has 3 heterocycles. The number of halogens is 4. The van der Waals surface area contributed by atoms with E-state index in [9.17, 15) is 4.39 Å². The molecule has 0 aliphatic carbocycles. The molecule has 1 fully saturated rings. The first kappa shape index (κ1) is 31.1. The standard InChI is InChI=1S/C31H41F4N5OS/c1-19-11-23-22(7-8-27-24(23)14-36-38-27)29(40(19)17-31(5,35)18-41-42-30(2,3)4)28-25(33)12-20(13-26(28)34)37-21-15-39(16-21)10-6-9-32/h7-8,12-14,19,21,29,37H,6,9-11,15-18H2,1-5H3,(H,36,38)/t19-,29+,31?/m1/s1. The van der Waals surface area contributed by atoms with Crippen LogP contribution in [0.4, 0.5) is 23.2 Å². The monoisotopic (exact) mass is 607 g/mol. The normalized spacial score (nSPS) is 21.7. The van der Waals surface area contributed by atoms with E-state index in [0.717, 1.165) is 22.0 Å². The maximum absolute atomic E-state index is 16.0. The largest absolute Gasteiger partial charge is 0.380 e. The van der Waals surface area contributed by atoms with E-state index in [1.165, 1.54) is 31.1 Å². The summed E-state index contributed by atoms with van der Waals surface area (Å²) in [6, 6.07) is 5.36. The molecule has 2 aliphatic rings. The van der Waals surface area contributed by atoms with Crippen molar-refractivity contribution in [2.24, 2.45) is 0 Å². The Bertz CT molecular complexity index is 1360. The molecular weight excluding hydrogens is 566 g/mol. The molecule has 5 rings (SSSR count). The molecule has 1 aromatic heterocycles. The van der Waals surface area contributed by atoms with Crippen LogP contribution in [0.1, 0.15) is 63.8 Å². The Balaban J connectivity index is 1.45. The van der Waals surface area contributed by atoms with Crippen molar-refractivity contribution in [2.75, 3.05) is 44.8 Å². The Labute approximate surface area is 249 Å². The van der Waals surface area contributed by atoms with Gasteiger partial charge in [0.2, 0.25) is 0 Å². The van der Waals surface area contributed by atoms with E-state index in [4.69, 9.17) is 4.18 Å².